The van der Waals surface area contributed by atoms with Crippen LogP contribution in [0.2, 0.25) is 5.28 Å². The van der Waals surface area contributed by atoms with Gasteiger partial charge < -0.3 is 10.2 Å². The van der Waals surface area contributed by atoms with E-state index in [2.05, 4.69) is 25.6 Å². The van der Waals surface area contributed by atoms with Gasteiger partial charge >= 0.3 is 0 Å². The first-order chi connectivity index (χ1) is 8.08. The third-order valence-electron chi connectivity index (χ3n) is 2.05. The van der Waals surface area contributed by atoms with Crippen molar-refractivity contribution in [2.24, 2.45) is 0 Å². The number of aromatic nitrogens is 3. The Bertz CT molecular complexity index is 463. The monoisotopic (exact) mass is 256 g/mol. The summed E-state index contributed by atoms with van der Waals surface area (Å²) in [5, 5.41) is 4.89. The van der Waals surface area contributed by atoms with Crippen molar-refractivity contribution in [2.45, 2.75) is 0 Å². The van der Waals surface area contributed by atoms with Crippen molar-refractivity contribution in [1.82, 2.24) is 20.3 Å². The number of rotatable bonds is 2. The zero-order valence-corrected chi connectivity index (χ0v) is 9.65. The largest absolute Gasteiger partial charge is 0.357 e. The van der Waals surface area contributed by atoms with Crippen LogP contribution in [0.5, 0.6) is 0 Å². The lowest BCUT2D eigenvalue weighted by molar-refractivity contribution is -0.130. The zero-order valence-electron chi connectivity index (χ0n) is 8.90. The van der Waals surface area contributed by atoms with Gasteiger partial charge in [-0.05, 0) is 11.6 Å². The van der Waals surface area contributed by atoms with Gasteiger partial charge in [-0.2, -0.15) is 15.0 Å². The minimum atomic E-state index is -0.399. The molecular weight excluding hydrogens is 248 g/mol. The summed E-state index contributed by atoms with van der Waals surface area (Å²) in [5.41, 5.74) is 0. The SMILES string of the molecule is CNc1nc(Cl)nc(N2CC(=O)NC(=O)C2)n1. The van der Waals surface area contributed by atoms with Crippen LogP contribution in [0.1, 0.15) is 0 Å². The van der Waals surface area contributed by atoms with Crippen molar-refractivity contribution in [3.05, 3.63) is 5.28 Å². The van der Waals surface area contributed by atoms with Crippen molar-refractivity contribution in [3.63, 3.8) is 0 Å². The first-order valence-corrected chi connectivity index (χ1v) is 5.13. The molecule has 0 aliphatic carbocycles. The molecule has 1 fully saturated rings. The van der Waals surface area contributed by atoms with E-state index in [1.807, 2.05) is 0 Å². The fourth-order valence-electron chi connectivity index (χ4n) is 1.37. The molecule has 0 unspecified atom stereocenters. The minimum absolute atomic E-state index is 0.00205. The standard InChI is InChI=1S/C8H9ClN6O2/c1-10-7-12-6(9)13-8(14-7)15-2-4(16)11-5(17)3-15/h2-3H2,1H3,(H,11,16,17)(H,10,12,13,14). The number of carbonyl (C=O) groups excluding carboxylic acids is 2. The van der Waals surface area contributed by atoms with Gasteiger partial charge in [0, 0.05) is 7.05 Å². The Morgan fingerprint density at radius 1 is 1.24 bits per heavy atom. The summed E-state index contributed by atoms with van der Waals surface area (Å²) >= 11 is 5.71. The van der Waals surface area contributed by atoms with E-state index >= 15 is 0 Å². The molecule has 0 radical (unpaired) electrons. The maximum Gasteiger partial charge on any atom is 0.246 e. The average molecular weight is 257 g/mol. The second-order valence-corrected chi connectivity index (χ2v) is 3.64. The number of amides is 2. The van der Waals surface area contributed by atoms with Crippen molar-refractivity contribution in [3.8, 4) is 0 Å². The molecule has 2 N–H and O–H groups in total. The molecule has 0 atom stereocenters. The van der Waals surface area contributed by atoms with Crippen LogP contribution in [-0.4, -0.2) is 46.9 Å². The molecule has 17 heavy (non-hydrogen) atoms. The van der Waals surface area contributed by atoms with E-state index < -0.39 is 11.8 Å². The van der Waals surface area contributed by atoms with Crippen LogP contribution in [0.15, 0.2) is 0 Å². The third kappa shape index (κ3) is 2.59. The first kappa shape index (κ1) is 11.5. The third-order valence-corrected chi connectivity index (χ3v) is 2.22. The number of imide groups is 1. The number of nitrogens with zero attached hydrogens (tertiary/aromatic N) is 4. The van der Waals surface area contributed by atoms with E-state index in [0.29, 0.717) is 0 Å². The Balaban J connectivity index is 2.29. The summed E-state index contributed by atoms with van der Waals surface area (Å²) in [4.78, 5) is 35.5. The molecule has 90 valence electrons. The van der Waals surface area contributed by atoms with Gasteiger partial charge in [-0.25, -0.2) is 0 Å². The maximum absolute atomic E-state index is 11.2. The summed E-state index contributed by atoms with van der Waals surface area (Å²) in [5.74, 6) is -0.330. The molecule has 2 rings (SSSR count). The predicted molar refractivity (Wildman–Crippen MR) is 59.7 cm³/mol. The van der Waals surface area contributed by atoms with E-state index in [9.17, 15) is 9.59 Å². The Morgan fingerprint density at radius 3 is 2.47 bits per heavy atom. The molecule has 0 aromatic carbocycles. The molecule has 2 heterocycles. The van der Waals surface area contributed by atoms with E-state index in [1.165, 1.54) is 4.90 Å². The molecule has 0 saturated carbocycles. The molecule has 8 nitrogen and oxygen atoms in total. The quantitative estimate of drug-likeness (QED) is 0.657. The lowest BCUT2D eigenvalue weighted by Gasteiger charge is -2.25. The number of anilines is 2. The Hall–Kier alpha value is -1.96. The van der Waals surface area contributed by atoms with Crippen LogP contribution >= 0.6 is 11.6 Å². The number of nitrogens with one attached hydrogen (secondary N) is 2. The Kier molecular flexibility index (Phi) is 3.05. The first-order valence-electron chi connectivity index (χ1n) is 4.75. The summed E-state index contributed by atoms with van der Waals surface area (Å²) in [6, 6.07) is 0. The smallest absolute Gasteiger partial charge is 0.246 e. The van der Waals surface area contributed by atoms with Crippen LogP contribution in [-0.2, 0) is 9.59 Å². The molecule has 1 aromatic rings. The van der Waals surface area contributed by atoms with Crippen LogP contribution in [0.3, 0.4) is 0 Å². The molecule has 1 aliphatic rings. The summed E-state index contributed by atoms with van der Waals surface area (Å²) < 4.78 is 0. The van der Waals surface area contributed by atoms with Gasteiger partial charge in [0.2, 0.25) is 29.0 Å². The van der Waals surface area contributed by atoms with Crippen molar-refractivity contribution >= 4 is 35.3 Å². The second kappa shape index (κ2) is 4.50. The number of carbonyl (C=O) groups is 2. The van der Waals surface area contributed by atoms with E-state index in [1.54, 1.807) is 7.05 Å². The number of piperazine rings is 1. The fourth-order valence-corrected chi connectivity index (χ4v) is 1.53. The second-order valence-electron chi connectivity index (χ2n) is 3.31. The normalized spacial score (nSPS) is 15.8. The number of hydrogen-bond acceptors (Lipinski definition) is 7. The lowest BCUT2D eigenvalue weighted by Crippen LogP contribution is -2.52. The van der Waals surface area contributed by atoms with E-state index in [-0.39, 0.29) is 30.3 Å². The van der Waals surface area contributed by atoms with Gasteiger partial charge in [-0.15, -0.1) is 0 Å². The van der Waals surface area contributed by atoms with Crippen LogP contribution < -0.4 is 15.5 Å². The highest BCUT2D eigenvalue weighted by Crippen LogP contribution is 2.14. The number of halogens is 1. The predicted octanol–water partition coefficient (Wildman–Crippen LogP) is -0.970. The van der Waals surface area contributed by atoms with Gasteiger partial charge in [0.05, 0.1) is 0 Å². The van der Waals surface area contributed by atoms with Gasteiger partial charge in [0.15, 0.2) is 0 Å². The Morgan fingerprint density at radius 2 is 1.88 bits per heavy atom. The number of hydrogen-bond donors (Lipinski definition) is 2. The molecule has 9 heteroatoms. The van der Waals surface area contributed by atoms with Gasteiger partial charge in [-0.3, -0.25) is 14.9 Å². The molecule has 0 spiro atoms. The van der Waals surface area contributed by atoms with Crippen molar-refractivity contribution < 1.29 is 9.59 Å². The molecule has 2 amide bonds. The van der Waals surface area contributed by atoms with Crippen LogP contribution in [0.4, 0.5) is 11.9 Å². The van der Waals surface area contributed by atoms with Crippen LogP contribution in [0.25, 0.3) is 0 Å². The minimum Gasteiger partial charge on any atom is -0.357 e. The van der Waals surface area contributed by atoms with Gasteiger partial charge in [-0.1, -0.05) is 0 Å². The van der Waals surface area contributed by atoms with E-state index in [4.69, 9.17) is 11.6 Å². The van der Waals surface area contributed by atoms with Crippen molar-refractivity contribution in [2.75, 3.05) is 30.4 Å². The highest BCUT2D eigenvalue weighted by molar-refractivity contribution is 6.28. The van der Waals surface area contributed by atoms with Crippen molar-refractivity contribution in [1.29, 1.82) is 0 Å². The average Bonchev–Trinajstić information content (AvgIpc) is 2.26. The topological polar surface area (TPSA) is 100 Å². The summed E-state index contributed by atoms with van der Waals surface area (Å²) in [7, 11) is 1.63. The molecular formula is C8H9ClN6O2. The molecule has 1 aliphatic heterocycles. The Labute approximate surface area is 101 Å². The van der Waals surface area contributed by atoms with Crippen LogP contribution in [0, 0.1) is 0 Å². The van der Waals surface area contributed by atoms with Gasteiger partial charge in [0.25, 0.3) is 0 Å². The molecule has 0 bridgehead atoms. The molecule has 1 saturated heterocycles. The summed E-state index contributed by atoms with van der Waals surface area (Å²) in [6.07, 6.45) is 0. The van der Waals surface area contributed by atoms with E-state index in [0.717, 1.165) is 0 Å². The fraction of sp³-hybridized carbons (Fsp3) is 0.375. The van der Waals surface area contributed by atoms with Gasteiger partial charge in [0.1, 0.15) is 13.1 Å². The molecule has 1 aromatic heterocycles. The zero-order chi connectivity index (χ0) is 12.4. The lowest BCUT2D eigenvalue weighted by atomic mass is 10.3. The maximum atomic E-state index is 11.2. The summed E-state index contributed by atoms with van der Waals surface area (Å²) in [6.45, 7) is 0.0183. The highest BCUT2D eigenvalue weighted by Gasteiger charge is 2.25. The highest BCUT2D eigenvalue weighted by atomic mass is 35.5.